The fourth-order valence-electron chi connectivity index (χ4n) is 3.11. The van der Waals surface area contributed by atoms with Crippen molar-refractivity contribution in [2.45, 2.75) is 12.8 Å². The Balaban J connectivity index is 1.69. The molecule has 7 heteroatoms. The van der Waals surface area contributed by atoms with E-state index in [2.05, 4.69) is 9.97 Å². The van der Waals surface area contributed by atoms with Gasteiger partial charge in [0.05, 0.1) is 22.2 Å². The normalized spacial score (nSPS) is 11.7. The number of fused-ring (bicyclic) bond motifs is 2. The fourth-order valence-corrected chi connectivity index (χ4v) is 3.11. The molecular formula is C21H13F3N2O2. The highest BCUT2D eigenvalue weighted by Crippen LogP contribution is 2.37. The maximum absolute atomic E-state index is 13.7. The summed E-state index contributed by atoms with van der Waals surface area (Å²) < 4.78 is 46.2. The zero-order valence-corrected chi connectivity index (χ0v) is 14.4. The maximum Gasteiger partial charge on any atom is 0.417 e. The summed E-state index contributed by atoms with van der Waals surface area (Å²) >= 11 is 0. The van der Waals surface area contributed by atoms with Gasteiger partial charge in [-0.05, 0) is 12.1 Å². The molecule has 140 valence electrons. The third kappa shape index (κ3) is 3.26. The summed E-state index contributed by atoms with van der Waals surface area (Å²) in [5.74, 6) is -1.08. The molecule has 0 aliphatic rings. The Morgan fingerprint density at radius 3 is 2.57 bits per heavy atom. The van der Waals surface area contributed by atoms with Gasteiger partial charge in [0.25, 0.3) is 0 Å². The van der Waals surface area contributed by atoms with Crippen LogP contribution in [0.2, 0.25) is 0 Å². The van der Waals surface area contributed by atoms with E-state index in [0.29, 0.717) is 11.1 Å². The predicted molar refractivity (Wildman–Crippen MR) is 97.6 cm³/mol. The van der Waals surface area contributed by atoms with Crippen LogP contribution in [0.5, 0.6) is 0 Å². The van der Waals surface area contributed by atoms with Crippen molar-refractivity contribution in [3.8, 4) is 0 Å². The summed E-state index contributed by atoms with van der Waals surface area (Å²) in [5.41, 5.74) is -0.262. The standard InChI is InChI=1S/C21H13F3N2O2/c22-21(23,24)18-15-8-1-2-9-17(15)26-11-16(18)20(27)28-12-14-6-3-5-13-7-4-10-25-19(13)14/h1-11H,12H2. The smallest absolute Gasteiger partial charge is 0.417 e. The van der Waals surface area contributed by atoms with Gasteiger partial charge in [-0.1, -0.05) is 42.5 Å². The molecule has 0 spiro atoms. The van der Waals surface area contributed by atoms with E-state index < -0.39 is 23.3 Å². The number of halogens is 3. The first-order valence-corrected chi connectivity index (χ1v) is 8.40. The van der Waals surface area contributed by atoms with Crippen molar-refractivity contribution in [3.05, 3.63) is 83.7 Å². The Morgan fingerprint density at radius 1 is 0.964 bits per heavy atom. The molecule has 0 saturated carbocycles. The molecule has 0 atom stereocenters. The lowest BCUT2D eigenvalue weighted by Crippen LogP contribution is -2.16. The summed E-state index contributed by atoms with van der Waals surface area (Å²) in [6.07, 6.45) is -2.21. The van der Waals surface area contributed by atoms with Crippen LogP contribution in [0.4, 0.5) is 13.2 Å². The quantitative estimate of drug-likeness (QED) is 0.460. The molecule has 0 unspecified atom stereocenters. The van der Waals surface area contributed by atoms with Crippen molar-refractivity contribution >= 4 is 27.8 Å². The fraction of sp³-hybridized carbons (Fsp3) is 0.0952. The van der Waals surface area contributed by atoms with E-state index in [9.17, 15) is 18.0 Å². The number of benzene rings is 2. The van der Waals surface area contributed by atoms with Crippen LogP contribution in [0.1, 0.15) is 21.5 Å². The van der Waals surface area contributed by atoms with E-state index in [1.54, 1.807) is 30.5 Å². The van der Waals surface area contributed by atoms with Crippen molar-refractivity contribution in [1.29, 1.82) is 0 Å². The average molecular weight is 382 g/mol. The van der Waals surface area contributed by atoms with Gasteiger partial charge in [-0.3, -0.25) is 9.97 Å². The van der Waals surface area contributed by atoms with Crippen LogP contribution in [-0.4, -0.2) is 15.9 Å². The Kier molecular flexibility index (Phi) is 4.43. The highest BCUT2D eigenvalue weighted by Gasteiger charge is 2.38. The van der Waals surface area contributed by atoms with Gasteiger partial charge in [0.15, 0.2) is 0 Å². The lowest BCUT2D eigenvalue weighted by Gasteiger charge is -2.15. The molecule has 0 bridgehead atoms. The topological polar surface area (TPSA) is 52.1 Å². The van der Waals surface area contributed by atoms with Gasteiger partial charge in [-0.2, -0.15) is 13.2 Å². The number of esters is 1. The molecule has 0 aliphatic heterocycles. The van der Waals surface area contributed by atoms with Crippen LogP contribution in [0, 0.1) is 0 Å². The second-order valence-electron chi connectivity index (χ2n) is 6.13. The highest BCUT2D eigenvalue weighted by molar-refractivity contribution is 5.97. The van der Waals surface area contributed by atoms with Crippen molar-refractivity contribution < 1.29 is 22.7 Å². The molecule has 28 heavy (non-hydrogen) atoms. The summed E-state index contributed by atoms with van der Waals surface area (Å²) in [4.78, 5) is 20.7. The van der Waals surface area contributed by atoms with Gasteiger partial charge in [-0.25, -0.2) is 4.79 Å². The van der Waals surface area contributed by atoms with E-state index in [1.165, 1.54) is 18.2 Å². The minimum absolute atomic E-state index is 0.142. The van der Waals surface area contributed by atoms with Crippen molar-refractivity contribution in [2.75, 3.05) is 0 Å². The summed E-state index contributed by atoms with van der Waals surface area (Å²) in [6.45, 7) is -0.197. The minimum atomic E-state index is -4.72. The monoisotopic (exact) mass is 382 g/mol. The van der Waals surface area contributed by atoms with Crippen molar-refractivity contribution in [1.82, 2.24) is 9.97 Å². The van der Waals surface area contributed by atoms with Crippen LogP contribution in [0.15, 0.2) is 67.0 Å². The minimum Gasteiger partial charge on any atom is -0.457 e. The first-order chi connectivity index (χ1) is 13.4. The number of pyridine rings is 2. The largest absolute Gasteiger partial charge is 0.457 e. The molecule has 0 aliphatic carbocycles. The first-order valence-electron chi connectivity index (χ1n) is 8.40. The third-order valence-corrected chi connectivity index (χ3v) is 4.35. The summed E-state index contributed by atoms with van der Waals surface area (Å²) in [5, 5.41) is 0.704. The van der Waals surface area contributed by atoms with Crippen molar-refractivity contribution in [2.24, 2.45) is 0 Å². The second kappa shape index (κ2) is 6.92. The molecule has 0 radical (unpaired) electrons. The van der Waals surface area contributed by atoms with Crippen LogP contribution in [0.3, 0.4) is 0 Å². The van der Waals surface area contributed by atoms with Gasteiger partial charge in [-0.15, -0.1) is 0 Å². The molecule has 4 aromatic rings. The van der Waals surface area contributed by atoms with Crippen LogP contribution < -0.4 is 0 Å². The number of hydrogen-bond donors (Lipinski definition) is 0. The molecule has 0 saturated heterocycles. The van der Waals surface area contributed by atoms with E-state index in [0.717, 1.165) is 11.6 Å². The molecule has 0 N–H and O–H groups in total. The number of carbonyl (C=O) groups excluding carboxylic acids is 1. The Bertz CT molecular complexity index is 1180. The SMILES string of the molecule is O=C(OCc1cccc2cccnc12)c1cnc2ccccc2c1C(F)(F)F. The Labute approximate surface area is 157 Å². The number of alkyl halides is 3. The van der Waals surface area contributed by atoms with Gasteiger partial charge >= 0.3 is 12.1 Å². The maximum atomic E-state index is 13.7. The molecule has 0 fully saturated rings. The van der Waals surface area contributed by atoms with E-state index in [-0.39, 0.29) is 17.5 Å². The van der Waals surface area contributed by atoms with Crippen LogP contribution in [0.25, 0.3) is 21.8 Å². The zero-order valence-electron chi connectivity index (χ0n) is 14.4. The molecule has 2 aromatic carbocycles. The first kappa shape index (κ1) is 17.9. The number of nitrogens with zero attached hydrogens (tertiary/aromatic N) is 2. The molecule has 2 aromatic heterocycles. The summed E-state index contributed by atoms with van der Waals surface area (Å²) in [6, 6.07) is 14.8. The number of carbonyl (C=O) groups is 1. The van der Waals surface area contributed by atoms with E-state index in [4.69, 9.17) is 4.74 Å². The number of aromatic nitrogens is 2. The lowest BCUT2D eigenvalue weighted by molar-refractivity contribution is -0.136. The molecule has 2 heterocycles. The predicted octanol–water partition coefficient (Wildman–Crippen LogP) is 5.16. The second-order valence-corrected chi connectivity index (χ2v) is 6.13. The number of rotatable bonds is 3. The average Bonchev–Trinajstić information content (AvgIpc) is 2.70. The Hall–Kier alpha value is -3.48. The van der Waals surface area contributed by atoms with Gasteiger partial charge in [0.1, 0.15) is 6.61 Å². The van der Waals surface area contributed by atoms with Crippen molar-refractivity contribution in [3.63, 3.8) is 0 Å². The molecule has 4 nitrogen and oxygen atoms in total. The third-order valence-electron chi connectivity index (χ3n) is 4.35. The van der Waals surface area contributed by atoms with E-state index >= 15 is 0 Å². The zero-order chi connectivity index (χ0) is 19.7. The number of ether oxygens (including phenoxy) is 1. The van der Waals surface area contributed by atoms with Crippen LogP contribution >= 0.6 is 0 Å². The van der Waals surface area contributed by atoms with Gasteiger partial charge in [0.2, 0.25) is 0 Å². The van der Waals surface area contributed by atoms with Gasteiger partial charge in [0, 0.05) is 28.7 Å². The number of para-hydroxylation sites is 2. The molecule has 0 amide bonds. The molecule has 4 rings (SSSR count). The van der Waals surface area contributed by atoms with Gasteiger partial charge < -0.3 is 4.74 Å². The number of hydrogen-bond acceptors (Lipinski definition) is 4. The molecular weight excluding hydrogens is 369 g/mol. The summed E-state index contributed by atoms with van der Waals surface area (Å²) in [7, 11) is 0. The van der Waals surface area contributed by atoms with E-state index in [1.807, 2.05) is 12.1 Å². The van der Waals surface area contributed by atoms with Crippen LogP contribution in [-0.2, 0) is 17.5 Å². The highest BCUT2D eigenvalue weighted by atomic mass is 19.4. The Morgan fingerprint density at radius 2 is 1.75 bits per heavy atom. The lowest BCUT2D eigenvalue weighted by atomic mass is 10.0.